The Kier molecular flexibility index (Phi) is 10.6. The molecule has 2 aromatic rings. The van der Waals surface area contributed by atoms with E-state index in [-0.39, 0.29) is 48.1 Å². The van der Waals surface area contributed by atoms with Crippen molar-refractivity contribution in [2.45, 2.75) is 109 Å². The van der Waals surface area contributed by atoms with Gasteiger partial charge in [-0.25, -0.2) is 4.79 Å². The summed E-state index contributed by atoms with van der Waals surface area (Å²) in [6.45, 7) is 8.78. The van der Waals surface area contributed by atoms with Crippen LogP contribution in [0.5, 0.6) is 11.5 Å². The highest BCUT2D eigenvalue weighted by molar-refractivity contribution is 6.08. The zero-order valence-corrected chi connectivity index (χ0v) is 27.4. The highest BCUT2D eigenvalue weighted by Crippen LogP contribution is 2.51. The summed E-state index contributed by atoms with van der Waals surface area (Å²) in [5.41, 5.74) is -6.30. The molecule has 1 aliphatic heterocycles. The van der Waals surface area contributed by atoms with Gasteiger partial charge >= 0.3 is 18.4 Å². The molecule has 262 valence electrons. The molecule has 1 unspecified atom stereocenters. The number of aryl methyl sites for hydroxylation is 2. The first kappa shape index (κ1) is 36.8. The fourth-order valence-corrected chi connectivity index (χ4v) is 5.99. The Bertz CT molecular complexity index is 1560. The predicted molar refractivity (Wildman–Crippen MR) is 166 cm³/mol. The lowest BCUT2D eigenvalue weighted by atomic mass is 9.85. The van der Waals surface area contributed by atoms with E-state index in [1.54, 1.807) is 57.2 Å². The minimum atomic E-state index is -6.03. The number of nitrogens with zero attached hydrogens (tertiary/aromatic N) is 1. The lowest BCUT2D eigenvalue weighted by molar-refractivity contribution is -0.376. The second-order valence-electron chi connectivity index (χ2n) is 12.5. The van der Waals surface area contributed by atoms with Crippen LogP contribution in [-0.4, -0.2) is 45.9 Å². The first-order valence-electron chi connectivity index (χ1n) is 15.9. The van der Waals surface area contributed by atoms with Gasteiger partial charge < -0.3 is 19.9 Å². The Balaban J connectivity index is 1.64. The molecular weight excluding hydrogens is 642 g/mol. The number of aliphatic hydroxyl groups is 1. The number of imide groups is 1. The van der Waals surface area contributed by atoms with Crippen LogP contribution in [0.15, 0.2) is 59.9 Å². The summed E-state index contributed by atoms with van der Waals surface area (Å²) < 4.78 is 94.6. The molecule has 7 nitrogen and oxygen atoms in total. The van der Waals surface area contributed by atoms with E-state index in [0.717, 1.165) is 16.2 Å². The summed E-state index contributed by atoms with van der Waals surface area (Å²) in [5, 5.41) is 12.9. The average Bonchev–Trinajstić information content (AvgIpc) is 3.21. The molecule has 2 N–H and O–H groups in total. The summed E-state index contributed by atoms with van der Waals surface area (Å²) in [4.78, 5) is 27.7. The number of alkyl halides is 6. The molecule has 48 heavy (non-hydrogen) atoms. The molecule has 0 radical (unpaired) electrons. The molecule has 4 rings (SSSR count). The number of benzene rings is 2. The summed E-state index contributed by atoms with van der Waals surface area (Å²) in [6, 6.07) is 7.18. The van der Waals surface area contributed by atoms with Crippen molar-refractivity contribution in [3.63, 3.8) is 0 Å². The number of urea groups is 1. The van der Waals surface area contributed by atoms with Gasteiger partial charge in [0.1, 0.15) is 17.0 Å². The number of rotatable bonds is 12. The molecule has 1 atom stereocenters. The van der Waals surface area contributed by atoms with E-state index in [2.05, 4.69) is 5.32 Å². The minimum Gasteiger partial charge on any atom is -0.495 e. The second-order valence-corrected chi connectivity index (χ2v) is 12.5. The molecule has 1 fully saturated rings. The van der Waals surface area contributed by atoms with Crippen molar-refractivity contribution in [3.8, 4) is 11.5 Å². The van der Waals surface area contributed by atoms with Crippen molar-refractivity contribution in [2.24, 2.45) is 0 Å². The lowest BCUT2D eigenvalue weighted by Crippen LogP contribution is -2.54. The topological polar surface area (TPSA) is 88.1 Å². The zero-order chi connectivity index (χ0) is 35.7. The van der Waals surface area contributed by atoms with Gasteiger partial charge in [-0.15, -0.1) is 0 Å². The van der Waals surface area contributed by atoms with E-state index < -0.39 is 41.0 Å². The standard InChI is InChI=1S/C35H40F6N2O5/c1-6-9-23-18-26(33(46,34(36,37)38)35(39,40)41)19-24(10-7-2)29(23)48-28-12-8-11-22(17-28)20-43-30(44)32(5,42-31(43)45)25-13-15-27(16-14-25)47-21(3)4/h8,11-13,15,17-19,21,46H,6-7,9-10,14,16,20H2,1-5H3,(H,42,45). The number of amides is 3. The number of carbonyl (C=O) groups is 2. The largest absolute Gasteiger partial charge is 0.495 e. The van der Waals surface area contributed by atoms with Crippen molar-refractivity contribution in [2.75, 3.05) is 0 Å². The van der Waals surface area contributed by atoms with Gasteiger partial charge in [-0.2, -0.15) is 26.3 Å². The Morgan fingerprint density at radius 2 is 1.54 bits per heavy atom. The van der Waals surface area contributed by atoms with Crippen molar-refractivity contribution in [1.82, 2.24) is 10.2 Å². The van der Waals surface area contributed by atoms with Crippen LogP contribution in [-0.2, 0) is 34.5 Å². The number of ether oxygens (including phenoxy) is 2. The minimum absolute atomic E-state index is 0.00412. The van der Waals surface area contributed by atoms with Gasteiger partial charge in [0.05, 0.1) is 18.4 Å². The van der Waals surface area contributed by atoms with Gasteiger partial charge in [0, 0.05) is 12.0 Å². The van der Waals surface area contributed by atoms with E-state index in [0.29, 0.717) is 43.4 Å². The van der Waals surface area contributed by atoms with Gasteiger partial charge in [-0.1, -0.05) is 44.9 Å². The molecule has 1 heterocycles. The number of halogens is 6. The molecule has 2 aromatic carbocycles. The molecule has 13 heteroatoms. The molecule has 0 bridgehead atoms. The molecule has 3 amide bonds. The summed E-state index contributed by atoms with van der Waals surface area (Å²) in [6.07, 6.45) is -6.50. The normalized spacial score (nSPS) is 19.0. The molecular formula is C35H40F6N2O5. The van der Waals surface area contributed by atoms with Crippen LogP contribution in [0, 0.1) is 0 Å². The van der Waals surface area contributed by atoms with Crippen LogP contribution in [0.2, 0.25) is 0 Å². The molecule has 0 saturated carbocycles. The van der Waals surface area contributed by atoms with Crippen molar-refractivity contribution in [3.05, 3.63) is 82.1 Å². The Morgan fingerprint density at radius 3 is 2.04 bits per heavy atom. The fraction of sp³-hybridized carbons (Fsp3) is 0.486. The van der Waals surface area contributed by atoms with E-state index in [1.165, 1.54) is 0 Å². The van der Waals surface area contributed by atoms with Crippen molar-refractivity contribution < 1.29 is 50.5 Å². The van der Waals surface area contributed by atoms with Crippen molar-refractivity contribution >= 4 is 11.9 Å². The monoisotopic (exact) mass is 682 g/mol. The van der Waals surface area contributed by atoms with Crippen LogP contribution in [0.1, 0.15) is 82.6 Å². The second kappa shape index (κ2) is 13.9. The lowest BCUT2D eigenvalue weighted by Gasteiger charge is -2.33. The summed E-state index contributed by atoms with van der Waals surface area (Å²) in [5.74, 6) is 0.633. The fourth-order valence-electron chi connectivity index (χ4n) is 5.99. The van der Waals surface area contributed by atoms with Gasteiger partial charge in [-0.3, -0.25) is 9.69 Å². The summed E-state index contributed by atoms with van der Waals surface area (Å²) in [7, 11) is 0. The maximum absolute atomic E-state index is 13.8. The third-order valence-corrected chi connectivity index (χ3v) is 8.39. The van der Waals surface area contributed by atoms with Gasteiger partial charge in [-0.05, 0) is 92.6 Å². The van der Waals surface area contributed by atoms with Gasteiger partial charge in [0.2, 0.25) is 0 Å². The Labute approximate surface area is 275 Å². The third-order valence-electron chi connectivity index (χ3n) is 8.39. The number of nitrogens with one attached hydrogen (secondary N) is 1. The molecule has 2 aliphatic rings. The van der Waals surface area contributed by atoms with E-state index >= 15 is 0 Å². The SMILES string of the molecule is CCCc1cc(C(O)(C(F)(F)F)C(F)(F)F)cc(CCC)c1Oc1cccc(CN2C(=O)NC(C)(C3=CC=C(OC(C)C)CC3)C2=O)c1. The molecule has 1 saturated heterocycles. The third kappa shape index (κ3) is 7.20. The summed E-state index contributed by atoms with van der Waals surface area (Å²) >= 11 is 0. The Morgan fingerprint density at radius 1 is 0.938 bits per heavy atom. The first-order chi connectivity index (χ1) is 22.3. The Hall–Kier alpha value is -4.00. The van der Waals surface area contributed by atoms with Gasteiger partial charge in [0.15, 0.2) is 0 Å². The van der Waals surface area contributed by atoms with Crippen LogP contribution in [0.4, 0.5) is 31.1 Å². The van der Waals surface area contributed by atoms with E-state index in [1.807, 2.05) is 13.8 Å². The highest BCUT2D eigenvalue weighted by Gasteiger charge is 2.71. The van der Waals surface area contributed by atoms with Crippen LogP contribution >= 0.6 is 0 Å². The predicted octanol–water partition coefficient (Wildman–Crippen LogP) is 8.54. The highest BCUT2D eigenvalue weighted by atomic mass is 19.4. The maximum atomic E-state index is 13.8. The van der Waals surface area contributed by atoms with E-state index in [4.69, 9.17) is 9.47 Å². The molecule has 1 aliphatic carbocycles. The first-order valence-corrected chi connectivity index (χ1v) is 15.9. The molecule has 0 aromatic heterocycles. The smallest absolute Gasteiger partial charge is 0.430 e. The quantitative estimate of drug-likeness (QED) is 0.173. The number of carbonyl (C=O) groups excluding carboxylic acids is 2. The maximum Gasteiger partial charge on any atom is 0.430 e. The van der Waals surface area contributed by atoms with Crippen LogP contribution in [0.25, 0.3) is 0 Å². The van der Waals surface area contributed by atoms with E-state index in [9.17, 15) is 41.0 Å². The van der Waals surface area contributed by atoms with Crippen LogP contribution in [0.3, 0.4) is 0 Å². The number of hydrogen-bond acceptors (Lipinski definition) is 5. The molecule has 0 spiro atoms. The number of allylic oxidation sites excluding steroid dienone is 3. The van der Waals surface area contributed by atoms with Crippen LogP contribution < -0.4 is 10.1 Å². The average molecular weight is 683 g/mol. The van der Waals surface area contributed by atoms with Crippen molar-refractivity contribution in [1.29, 1.82) is 0 Å². The van der Waals surface area contributed by atoms with Gasteiger partial charge in [0.25, 0.3) is 11.5 Å². The number of hydrogen-bond donors (Lipinski definition) is 2. The zero-order valence-electron chi connectivity index (χ0n) is 27.4.